The van der Waals surface area contributed by atoms with E-state index in [1.165, 1.54) is 0 Å². The quantitative estimate of drug-likeness (QED) is 0.869. The Morgan fingerprint density at radius 3 is 2.67 bits per heavy atom. The van der Waals surface area contributed by atoms with Crippen LogP contribution in [0.25, 0.3) is 0 Å². The summed E-state index contributed by atoms with van der Waals surface area (Å²) in [6.45, 7) is 1.95. The van der Waals surface area contributed by atoms with Crippen molar-refractivity contribution in [1.29, 1.82) is 0 Å². The van der Waals surface area contributed by atoms with E-state index in [4.69, 9.17) is 0 Å². The van der Waals surface area contributed by atoms with Crippen LogP contribution in [0.3, 0.4) is 0 Å². The zero-order chi connectivity index (χ0) is 13.3. The predicted octanol–water partition coefficient (Wildman–Crippen LogP) is 1.99. The summed E-state index contributed by atoms with van der Waals surface area (Å²) < 4.78 is 0. The fourth-order valence-electron chi connectivity index (χ4n) is 2.64. The first-order valence-corrected chi connectivity index (χ1v) is 6.06. The van der Waals surface area contributed by atoms with Crippen LogP contribution in [0, 0.1) is 12.8 Å². The molecule has 0 bridgehead atoms. The molecule has 4 nitrogen and oxygen atoms in total. The number of benzene rings is 1. The molecule has 4 heteroatoms. The second kappa shape index (κ2) is 4.80. The summed E-state index contributed by atoms with van der Waals surface area (Å²) >= 11 is 0. The molecule has 1 N–H and O–H groups in total. The second-order valence-electron chi connectivity index (χ2n) is 4.79. The molecule has 1 saturated heterocycles. The van der Waals surface area contributed by atoms with Crippen LogP contribution in [0.15, 0.2) is 24.3 Å². The second-order valence-corrected chi connectivity index (χ2v) is 4.79. The van der Waals surface area contributed by atoms with Gasteiger partial charge in [-0.25, -0.2) is 0 Å². The number of aliphatic carboxylic acids is 1. The molecule has 1 aliphatic heterocycles. The molecular formula is C14H17NO3. The molecule has 1 aliphatic rings. The maximum absolute atomic E-state index is 11.8. The van der Waals surface area contributed by atoms with Crippen molar-refractivity contribution < 1.29 is 14.7 Å². The van der Waals surface area contributed by atoms with Gasteiger partial charge in [0.15, 0.2) is 0 Å². The number of hydrogen-bond donors (Lipinski definition) is 1. The van der Waals surface area contributed by atoms with Crippen LogP contribution in [0.4, 0.5) is 0 Å². The third-order valence-corrected chi connectivity index (χ3v) is 3.69. The van der Waals surface area contributed by atoms with E-state index in [-0.39, 0.29) is 11.9 Å². The standard InChI is InChI=1S/C14H17NO3/c1-9-5-3-4-6-10(9)13-11(14(17)18)7-8-12(16)15(13)2/h3-6,11,13H,7-8H2,1-2H3,(H,17,18). The molecule has 0 saturated carbocycles. The lowest BCUT2D eigenvalue weighted by atomic mass is 9.83. The Balaban J connectivity index is 2.44. The Kier molecular flexibility index (Phi) is 3.36. The van der Waals surface area contributed by atoms with Crippen molar-refractivity contribution >= 4 is 11.9 Å². The Hall–Kier alpha value is -1.84. The number of piperidine rings is 1. The molecular weight excluding hydrogens is 230 g/mol. The molecule has 18 heavy (non-hydrogen) atoms. The van der Waals surface area contributed by atoms with Crippen LogP contribution in [0.2, 0.25) is 0 Å². The minimum Gasteiger partial charge on any atom is -0.481 e. The van der Waals surface area contributed by atoms with Gasteiger partial charge in [0.2, 0.25) is 5.91 Å². The van der Waals surface area contributed by atoms with E-state index in [1.54, 1.807) is 11.9 Å². The molecule has 1 amide bonds. The van der Waals surface area contributed by atoms with Crippen molar-refractivity contribution in [2.24, 2.45) is 5.92 Å². The van der Waals surface area contributed by atoms with Crippen molar-refractivity contribution in [2.45, 2.75) is 25.8 Å². The largest absolute Gasteiger partial charge is 0.481 e. The smallest absolute Gasteiger partial charge is 0.308 e. The van der Waals surface area contributed by atoms with Gasteiger partial charge in [-0.05, 0) is 24.5 Å². The fraction of sp³-hybridized carbons (Fsp3) is 0.429. The first-order valence-electron chi connectivity index (χ1n) is 6.06. The van der Waals surface area contributed by atoms with Crippen molar-refractivity contribution in [3.05, 3.63) is 35.4 Å². The van der Waals surface area contributed by atoms with Crippen LogP contribution in [0.1, 0.15) is 30.0 Å². The topological polar surface area (TPSA) is 57.6 Å². The van der Waals surface area contributed by atoms with Gasteiger partial charge >= 0.3 is 5.97 Å². The summed E-state index contributed by atoms with van der Waals surface area (Å²) in [5, 5.41) is 9.33. The summed E-state index contributed by atoms with van der Waals surface area (Å²) in [5.74, 6) is -1.34. The highest BCUT2D eigenvalue weighted by molar-refractivity contribution is 5.81. The summed E-state index contributed by atoms with van der Waals surface area (Å²) in [7, 11) is 1.69. The Morgan fingerprint density at radius 2 is 2.06 bits per heavy atom. The third kappa shape index (κ3) is 2.10. The lowest BCUT2D eigenvalue weighted by Crippen LogP contribution is -2.43. The minimum absolute atomic E-state index is 0.0146. The minimum atomic E-state index is -0.831. The van der Waals surface area contributed by atoms with Gasteiger partial charge < -0.3 is 10.0 Å². The third-order valence-electron chi connectivity index (χ3n) is 3.69. The first kappa shape index (κ1) is 12.6. The van der Waals surface area contributed by atoms with Crippen LogP contribution in [-0.2, 0) is 9.59 Å². The van der Waals surface area contributed by atoms with Crippen molar-refractivity contribution in [3.8, 4) is 0 Å². The van der Waals surface area contributed by atoms with E-state index in [0.717, 1.165) is 11.1 Å². The summed E-state index contributed by atoms with van der Waals surface area (Å²) in [6, 6.07) is 7.30. The van der Waals surface area contributed by atoms with E-state index in [2.05, 4.69) is 0 Å². The molecule has 0 aliphatic carbocycles. The maximum Gasteiger partial charge on any atom is 0.308 e. The predicted molar refractivity (Wildman–Crippen MR) is 67.0 cm³/mol. The Bertz CT molecular complexity index is 484. The van der Waals surface area contributed by atoms with Crippen molar-refractivity contribution in [2.75, 3.05) is 7.05 Å². The number of amides is 1. The van der Waals surface area contributed by atoms with E-state index >= 15 is 0 Å². The molecule has 1 heterocycles. The monoisotopic (exact) mass is 247 g/mol. The molecule has 2 rings (SSSR count). The summed E-state index contributed by atoms with van der Waals surface area (Å²) in [5.41, 5.74) is 1.95. The lowest BCUT2D eigenvalue weighted by Gasteiger charge is -2.38. The van der Waals surface area contributed by atoms with Gasteiger partial charge in [0.1, 0.15) is 0 Å². The molecule has 1 fully saturated rings. The van der Waals surface area contributed by atoms with Gasteiger partial charge in [0.05, 0.1) is 12.0 Å². The number of carboxylic acids is 1. The number of carbonyl (C=O) groups excluding carboxylic acids is 1. The first-order chi connectivity index (χ1) is 8.52. The molecule has 0 radical (unpaired) electrons. The Labute approximate surface area is 106 Å². The van der Waals surface area contributed by atoms with E-state index < -0.39 is 11.9 Å². The SMILES string of the molecule is Cc1ccccc1C1C(C(=O)O)CCC(=O)N1C. The van der Waals surface area contributed by atoms with Crippen LogP contribution < -0.4 is 0 Å². The number of nitrogens with zero attached hydrogens (tertiary/aromatic N) is 1. The number of hydrogen-bond acceptors (Lipinski definition) is 2. The van der Waals surface area contributed by atoms with Gasteiger partial charge in [-0.1, -0.05) is 24.3 Å². The molecule has 0 aromatic heterocycles. The number of rotatable bonds is 2. The van der Waals surface area contributed by atoms with Gasteiger partial charge in [0, 0.05) is 13.5 Å². The molecule has 1 aromatic rings. The van der Waals surface area contributed by atoms with Crippen molar-refractivity contribution in [3.63, 3.8) is 0 Å². The summed E-state index contributed by atoms with van der Waals surface area (Å²) in [4.78, 5) is 24.7. The zero-order valence-electron chi connectivity index (χ0n) is 10.6. The van der Waals surface area contributed by atoms with Crippen LogP contribution in [-0.4, -0.2) is 28.9 Å². The molecule has 1 aromatic carbocycles. The van der Waals surface area contributed by atoms with Gasteiger partial charge in [-0.3, -0.25) is 9.59 Å². The van der Waals surface area contributed by atoms with Crippen LogP contribution in [0.5, 0.6) is 0 Å². The highest BCUT2D eigenvalue weighted by atomic mass is 16.4. The van der Waals surface area contributed by atoms with E-state index in [9.17, 15) is 14.7 Å². The highest BCUT2D eigenvalue weighted by Gasteiger charge is 2.39. The van der Waals surface area contributed by atoms with Gasteiger partial charge in [-0.2, -0.15) is 0 Å². The number of aryl methyl sites for hydroxylation is 1. The molecule has 2 atom stereocenters. The van der Waals surface area contributed by atoms with E-state index in [1.807, 2.05) is 31.2 Å². The normalized spacial score (nSPS) is 24.1. The van der Waals surface area contributed by atoms with E-state index in [0.29, 0.717) is 12.8 Å². The molecule has 0 spiro atoms. The average molecular weight is 247 g/mol. The molecule has 2 unspecified atom stereocenters. The summed E-state index contributed by atoms with van der Waals surface area (Å²) in [6.07, 6.45) is 0.730. The Morgan fingerprint density at radius 1 is 1.39 bits per heavy atom. The number of likely N-dealkylation sites (tertiary alicyclic amines) is 1. The number of carboxylic acid groups (broad SMARTS) is 1. The van der Waals surface area contributed by atoms with Gasteiger partial charge in [0.25, 0.3) is 0 Å². The van der Waals surface area contributed by atoms with Crippen LogP contribution >= 0.6 is 0 Å². The average Bonchev–Trinajstić information content (AvgIpc) is 2.33. The van der Waals surface area contributed by atoms with Crippen molar-refractivity contribution in [1.82, 2.24) is 4.90 Å². The van der Waals surface area contributed by atoms with Gasteiger partial charge in [-0.15, -0.1) is 0 Å². The fourth-order valence-corrected chi connectivity index (χ4v) is 2.64. The highest BCUT2D eigenvalue weighted by Crippen LogP contribution is 2.37. The lowest BCUT2D eigenvalue weighted by molar-refractivity contribution is -0.150. The zero-order valence-corrected chi connectivity index (χ0v) is 10.6. The molecule has 96 valence electrons. The number of carbonyl (C=O) groups is 2. The maximum atomic E-state index is 11.8.